The summed E-state index contributed by atoms with van der Waals surface area (Å²) >= 11 is 0. The van der Waals surface area contributed by atoms with Crippen molar-refractivity contribution < 1.29 is 0 Å². The molecule has 0 aliphatic heterocycles. The highest BCUT2D eigenvalue weighted by Gasteiger charge is 2.20. The maximum atomic E-state index is 6.01. The Labute approximate surface area is 120 Å². The lowest BCUT2D eigenvalue weighted by Gasteiger charge is -2.29. The number of rotatable bonds is 3. The lowest BCUT2D eigenvalue weighted by molar-refractivity contribution is 0.667. The van der Waals surface area contributed by atoms with Crippen molar-refractivity contribution in [2.45, 2.75) is 39.5 Å². The van der Waals surface area contributed by atoms with Gasteiger partial charge in [-0.1, -0.05) is 0 Å². The molecule has 1 aliphatic rings. The number of anilines is 2. The van der Waals surface area contributed by atoms with Gasteiger partial charge in [-0.05, 0) is 63.3 Å². The van der Waals surface area contributed by atoms with E-state index in [1.54, 1.807) is 0 Å². The summed E-state index contributed by atoms with van der Waals surface area (Å²) in [5.41, 5.74) is 12.0. The number of nitrogens with two attached hydrogens (primary N) is 1. The first-order valence-electron chi connectivity index (χ1n) is 7.70. The molecule has 106 valence electrons. The summed E-state index contributed by atoms with van der Waals surface area (Å²) in [5, 5.41) is 1.22. The third-order valence-electron chi connectivity index (χ3n) is 4.34. The standard InChI is InChI=1S/C17H23N3/c1-3-20(4-2)17-13-7-5-6-8-15(13)19-16-10-9-12(18)11-14(16)17/h9-11H,3-8,18H2,1-2H3. The Bertz CT molecular complexity index is 630. The molecule has 0 fully saturated rings. The molecule has 3 heteroatoms. The minimum Gasteiger partial charge on any atom is -0.399 e. The van der Waals surface area contributed by atoms with Gasteiger partial charge in [-0.25, -0.2) is 0 Å². The molecule has 3 nitrogen and oxygen atoms in total. The highest BCUT2D eigenvalue weighted by molar-refractivity contribution is 5.96. The van der Waals surface area contributed by atoms with Gasteiger partial charge < -0.3 is 10.6 Å². The minimum absolute atomic E-state index is 0.823. The van der Waals surface area contributed by atoms with Crippen LogP contribution in [-0.2, 0) is 12.8 Å². The summed E-state index contributed by atoms with van der Waals surface area (Å²) in [5.74, 6) is 0. The molecule has 3 rings (SSSR count). The van der Waals surface area contributed by atoms with E-state index in [4.69, 9.17) is 10.7 Å². The largest absolute Gasteiger partial charge is 0.399 e. The van der Waals surface area contributed by atoms with E-state index in [9.17, 15) is 0 Å². The second kappa shape index (κ2) is 5.31. The van der Waals surface area contributed by atoms with E-state index in [0.717, 1.165) is 37.1 Å². The summed E-state index contributed by atoms with van der Waals surface area (Å²) in [4.78, 5) is 7.34. The molecule has 0 atom stereocenters. The number of nitrogen functional groups attached to an aromatic ring is 1. The van der Waals surface area contributed by atoms with Crippen LogP contribution < -0.4 is 10.6 Å². The van der Waals surface area contributed by atoms with Crippen molar-refractivity contribution in [3.8, 4) is 0 Å². The number of hydrogen-bond acceptors (Lipinski definition) is 3. The smallest absolute Gasteiger partial charge is 0.0727 e. The van der Waals surface area contributed by atoms with E-state index >= 15 is 0 Å². The van der Waals surface area contributed by atoms with Crippen LogP contribution in [0.3, 0.4) is 0 Å². The van der Waals surface area contributed by atoms with Gasteiger partial charge in [0.1, 0.15) is 0 Å². The number of benzene rings is 1. The molecule has 0 bridgehead atoms. The Morgan fingerprint density at radius 2 is 1.90 bits per heavy atom. The second-order valence-corrected chi connectivity index (χ2v) is 5.54. The Kier molecular flexibility index (Phi) is 3.51. The average molecular weight is 269 g/mol. The van der Waals surface area contributed by atoms with Gasteiger partial charge in [0.25, 0.3) is 0 Å². The van der Waals surface area contributed by atoms with Crippen molar-refractivity contribution in [2.75, 3.05) is 23.7 Å². The zero-order chi connectivity index (χ0) is 14.1. The summed E-state index contributed by atoms with van der Waals surface area (Å²) in [6.45, 7) is 6.49. The summed E-state index contributed by atoms with van der Waals surface area (Å²) in [6, 6.07) is 6.11. The van der Waals surface area contributed by atoms with Crippen molar-refractivity contribution in [1.82, 2.24) is 4.98 Å². The highest BCUT2D eigenvalue weighted by atomic mass is 15.1. The van der Waals surface area contributed by atoms with E-state index < -0.39 is 0 Å². The SMILES string of the molecule is CCN(CC)c1c2c(nc3ccc(N)cc13)CCCC2. The number of pyridine rings is 1. The van der Waals surface area contributed by atoms with Crippen molar-refractivity contribution in [3.63, 3.8) is 0 Å². The number of fused-ring (bicyclic) bond motifs is 2. The zero-order valence-corrected chi connectivity index (χ0v) is 12.4. The Morgan fingerprint density at radius 1 is 1.15 bits per heavy atom. The van der Waals surface area contributed by atoms with Crippen molar-refractivity contribution in [3.05, 3.63) is 29.5 Å². The molecular weight excluding hydrogens is 246 g/mol. The molecule has 0 spiro atoms. The Hall–Kier alpha value is -1.77. The molecule has 0 amide bonds. The van der Waals surface area contributed by atoms with E-state index in [-0.39, 0.29) is 0 Å². The normalized spacial score (nSPS) is 14.3. The summed E-state index contributed by atoms with van der Waals surface area (Å²) in [7, 11) is 0. The van der Waals surface area contributed by atoms with Crippen LogP contribution in [0.25, 0.3) is 10.9 Å². The van der Waals surface area contributed by atoms with E-state index in [1.165, 1.54) is 35.2 Å². The van der Waals surface area contributed by atoms with E-state index in [1.807, 2.05) is 6.07 Å². The molecule has 0 radical (unpaired) electrons. The third kappa shape index (κ3) is 2.11. The van der Waals surface area contributed by atoms with Gasteiger partial charge in [-0.2, -0.15) is 0 Å². The fourth-order valence-electron chi connectivity index (χ4n) is 3.32. The first-order chi connectivity index (χ1) is 9.74. The molecular formula is C17H23N3. The van der Waals surface area contributed by atoms with Gasteiger partial charge in [-0.15, -0.1) is 0 Å². The first kappa shape index (κ1) is 13.2. The van der Waals surface area contributed by atoms with Gasteiger partial charge in [0.05, 0.1) is 11.2 Å². The van der Waals surface area contributed by atoms with E-state index in [0.29, 0.717) is 0 Å². The average Bonchev–Trinajstić information content (AvgIpc) is 2.48. The Morgan fingerprint density at radius 3 is 2.65 bits per heavy atom. The highest BCUT2D eigenvalue weighted by Crippen LogP contribution is 2.36. The van der Waals surface area contributed by atoms with Crippen LogP contribution in [0.15, 0.2) is 18.2 Å². The molecule has 1 aliphatic carbocycles. The fourth-order valence-corrected chi connectivity index (χ4v) is 3.32. The van der Waals surface area contributed by atoms with Crippen LogP contribution in [0, 0.1) is 0 Å². The number of aryl methyl sites for hydroxylation is 1. The summed E-state index contributed by atoms with van der Waals surface area (Å²) < 4.78 is 0. The van der Waals surface area contributed by atoms with Gasteiger partial charge in [0.2, 0.25) is 0 Å². The van der Waals surface area contributed by atoms with Crippen molar-refractivity contribution in [2.24, 2.45) is 0 Å². The molecule has 2 aromatic rings. The molecule has 0 saturated heterocycles. The van der Waals surface area contributed by atoms with Gasteiger partial charge in [-0.3, -0.25) is 4.98 Å². The number of hydrogen-bond donors (Lipinski definition) is 1. The van der Waals surface area contributed by atoms with Crippen LogP contribution in [-0.4, -0.2) is 18.1 Å². The van der Waals surface area contributed by atoms with Gasteiger partial charge in [0, 0.05) is 29.9 Å². The molecule has 0 saturated carbocycles. The molecule has 0 unspecified atom stereocenters. The number of nitrogens with zero attached hydrogens (tertiary/aromatic N) is 2. The lowest BCUT2D eigenvalue weighted by Crippen LogP contribution is -2.25. The third-order valence-corrected chi connectivity index (χ3v) is 4.34. The monoisotopic (exact) mass is 269 g/mol. The van der Waals surface area contributed by atoms with Crippen LogP contribution >= 0.6 is 0 Å². The predicted octanol–water partition coefficient (Wildman–Crippen LogP) is 3.54. The lowest BCUT2D eigenvalue weighted by atomic mass is 9.92. The van der Waals surface area contributed by atoms with Crippen LogP contribution in [0.2, 0.25) is 0 Å². The minimum atomic E-state index is 0.823. The maximum absolute atomic E-state index is 6.01. The van der Waals surface area contributed by atoms with Crippen LogP contribution in [0.1, 0.15) is 37.9 Å². The zero-order valence-electron chi connectivity index (χ0n) is 12.4. The maximum Gasteiger partial charge on any atom is 0.0727 e. The quantitative estimate of drug-likeness (QED) is 0.867. The van der Waals surface area contributed by atoms with Crippen molar-refractivity contribution >= 4 is 22.3 Å². The number of aromatic nitrogens is 1. The van der Waals surface area contributed by atoms with Gasteiger partial charge in [0.15, 0.2) is 0 Å². The molecule has 20 heavy (non-hydrogen) atoms. The molecule has 1 aromatic carbocycles. The first-order valence-corrected chi connectivity index (χ1v) is 7.70. The fraction of sp³-hybridized carbons (Fsp3) is 0.471. The topological polar surface area (TPSA) is 42.2 Å². The predicted molar refractivity (Wildman–Crippen MR) is 86.4 cm³/mol. The molecule has 1 heterocycles. The summed E-state index contributed by atoms with van der Waals surface area (Å²) in [6.07, 6.45) is 4.80. The van der Waals surface area contributed by atoms with E-state index in [2.05, 4.69) is 30.9 Å². The second-order valence-electron chi connectivity index (χ2n) is 5.54. The van der Waals surface area contributed by atoms with Crippen LogP contribution in [0.4, 0.5) is 11.4 Å². The molecule has 2 N–H and O–H groups in total. The van der Waals surface area contributed by atoms with Crippen LogP contribution in [0.5, 0.6) is 0 Å². The Balaban J connectivity index is 2.32. The van der Waals surface area contributed by atoms with Gasteiger partial charge >= 0.3 is 0 Å². The van der Waals surface area contributed by atoms with Crippen molar-refractivity contribution in [1.29, 1.82) is 0 Å². The molecule has 1 aromatic heterocycles.